The highest BCUT2D eigenvalue weighted by Gasteiger charge is 2.18. The number of nitrogens with one attached hydrogen (secondary N) is 1. The van der Waals surface area contributed by atoms with E-state index in [-0.39, 0.29) is 0 Å². The molecule has 0 saturated carbocycles. The van der Waals surface area contributed by atoms with Crippen molar-refractivity contribution >= 4 is 0 Å². The average Bonchev–Trinajstić information content (AvgIpc) is 3.28. The molecular formula is C19H25N7. The van der Waals surface area contributed by atoms with Gasteiger partial charge in [-0.05, 0) is 24.0 Å². The minimum absolute atomic E-state index is 0.439. The summed E-state index contributed by atoms with van der Waals surface area (Å²) in [7, 11) is 0. The summed E-state index contributed by atoms with van der Waals surface area (Å²) < 4.78 is 3.94. The van der Waals surface area contributed by atoms with Crippen LogP contribution >= 0.6 is 0 Å². The van der Waals surface area contributed by atoms with Gasteiger partial charge in [-0.3, -0.25) is 9.67 Å². The van der Waals surface area contributed by atoms with Gasteiger partial charge in [0.1, 0.15) is 5.69 Å². The molecule has 0 spiro atoms. The van der Waals surface area contributed by atoms with E-state index in [2.05, 4.69) is 58.3 Å². The zero-order chi connectivity index (χ0) is 18.1. The molecule has 0 atom stereocenters. The predicted molar refractivity (Wildman–Crippen MR) is 99.8 cm³/mol. The highest BCUT2D eigenvalue weighted by molar-refractivity contribution is 5.60. The van der Waals surface area contributed by atoms with Crippen LogP contribution in [0.25, 0.3) is 11.3 Å². The van der Waals surface area contributed by atoms with Gasteiger partial charge in [-0.25, -0.2) is 4.68 Å². The summed E-state index contributed by atoms with van der Waals surface area (Å²) in [6, 6.07) is 4.30. The first-order chi connectivity index (χ1) is 12.7. The molecule has 4 heterocycles. The third kappa shape index (κ3) is 3.14. The Labute approximate surface area is 153 Å². The third-order valence-corrected chi connectivity index (χ3v) is 4.90. The highest BCUT2D eigenvalue weighted by Crippen LogP contribution is 2.23. The number of pyridine rings is 1. The topological polar surface area (TPSA) is 73.5 Å². The lowest BCUT2D eigenvalue weighted by Gasteiger charge is -2.15. The molecule has 3 aromatic heterocycles. The van der Waals surface area contributed by atoms with Crippen LogP contribution in [0.3, 0.4) is 0 Å². The largest absolute Gasteiger partial charge is 0.309 e. The minimum atomic E-state index is 0.439. The molecule has 0 saturated heterocycles. The molecule has 136 valence electrons. The zero-order valence-electron chi connectivity index (χ0n) is 15.6. The van der Waals surface area contributed by atoms with Crippen LogP contribution in [0.2, 0.25) is 0 Å². The van der Waals surface area contributed by atoms with Gasteiger partial charge in [0.05, 0.1) is 31.2 Å². The molecule has 1 N–H and O–H groups in total. The first kappa shape index (κ1) is 16.9. The summed E-state index contributed by atoms with van der Waals surface area (Å²) in [5.41, 5.74) is 6.60. The second-order valence-electron chi connectivity index (χ2n) is 7.06. The van der Waals surface area contributed by atoms with Crippen molar-refractivity contribution in [1.82, 2.24) is 35.1 Å². The molecule has 3 aromatic rings. The van der Waals surface area contributed by atoms with Crippen LogP contribution in [-0.2, 0) is 26.1 Å². The van der Waals surface area contributed by atoms with Crippen molar-refractivity contribution in [3.8, 4) is 11.3 Å². The summed E-state index contributed by atoms with van der Waals surface area (Å²) in [4.78, 5) is 4.82. The first-order valence-electron chi connectivity index (χ1n) is 9.30. The van der Waals surface area contributed by atoms with Crippen molar-refractivity contribution in [2.45, 2.75) is 52.7 Å². The van der Waals surface area contributed by atoms with E-state index < -0.39 is 0 Å². The summed E-state index contributed by atoms with van der Waals surface area (Å²) >= 11 is 0. The number of aromatic nitrogens is 6. The molecule has 1 aliphatic rings. The molecular weight excluding hydrogens is 326 g/mol. The molecule has 0 unspecified atom stereocenters. The van der Waals surface area contributed by atoms with Crippen molar-refractivity contribution < 1.29 is 0 Å². The number of hydrogen-bond donors (Lipinski definition) is 1. The SMILES string of the molecule is CCc1nc(C(C)C)ccc1Cn1cc(-c2cnn3c2CNCC3)nn1. The number of rotatable bonds is 5. The monoisotopic (exact) mass is 351 g/mol. The molecule has 0 amide bonds. The van der Waals surface area contributed by atoms with E-state index in [1.807, 2.05) is 17.1 Å². The molecule has 26 heavy (non-hydrogen) atoms. The molecule has 1 aliphatic heterocycles. The quantitative estimate of drug-likeness (QED) is 0.764. The van der Waals surface area contributed by atoms with Gasteiger partial charge in [-0.15, -0.1) is 5.10 Å². The van der Waals surface area contributed by atoms with E-state index >= 15 is 0 Å². The normalized spacial score (nSPS) is 14.0. The van der Waals surface area contributed by atoms with Gasteiger partial charge in [0.2, 0.25) is 0 Å². The van der Waals surface area contributed by atoms with Gasteiger partial charge in [-0.1, -0.05) is 32.1 Å². The molecule has 0 aliphatic carbocycles. The van der Waals surface area contributed by atoms with E-state index in [1.165, 1.54) is 11.3 Å². The van der Waals surface area contributed by atoms with Gasteiger partial charge in [0.15, 0.2) is 0 Å². The van der Waals surface area contributed by atoms with E-state index in [0.717, 1.165) is 48.7 Å². The Bertz CT molecular complexity index is 907. The Morgan fingerprint density at radius 3 is 2.96 bits per heavy atom. The zero-order valence-corrected chi connectivity index (χ0v) is 15.6. The lowest BCUT2D eigenvalue weighted by molar-refractivity contribution is 0.476. The maximum Gasteiger partial charge on any atom is 0.116 e. The van der Waals surface area contributed by atoms with Crippen LogP contribution in [0.1, 0.15) is 49.3 Å². The van der Waals surface area contributed by atoms with Crippen molar-refractivity contribution in [2.24, 2.45) is 0 Å². The minimum Gasteiger partial charge on any atom is -0.309 e. The van der Waals surface area contributed by atoms with E-state index in [0.29, 0.717) is 12.5 Å². The number of hydrogen-bond acceptors (Lipinski definition) is 5. The first-order valence-corrected chi connectivity index (χ1v) is 9.30. The second-order valence-corrected chi connectivity index (χ2v) is 7.06. The average molecular weight is 351 g/mol. The molecule has 7 heteroatoms. The molecule has 0 aromatic carbocycles. The highest BCUT2D eigenvalue weighted by atomic mass is 15.4. The second kappa shape index (κ2) is 6.99. The number of aryl methyl sites for hydroxylation is 1. The lowest BCUT2D eigenvalue weighted by atomic mass is 10.1. The Kier molecular flexibility index (Phi) is 4.55. The van der Waals surface area contributed by atoms with Crippen LogP contribution in [0, 0.1) is 0 Å². The van der Waals surface area contributed by atoms with Crippen molar-refractivity contribution in [1.29, 1.82) is 0 Å². The van der Waals surface area contributed by atoms with Gasteiger partial charge < -0.3 is 5.32 Å². The van der Waals surface area contributed by atoms with Crippen LogP contribution < -0.4 is 5.32 Å². The standard InChI is InChI=1S/C19H25N7/c1-4-16-14(5-6-17(22-16)13(2)3)11-25-12-18(23-24-25)15-9-21-26-8-7-20-10-19(15)26/h5-6,9,12-13,20H,4,7-8,10-11H2,1-3H3. The summed E-state index contributed by atoms with van der Waals surface area (Å²) in [5.74, 6) is 0.439. The summed E-state index contributed by atoms with van der Waals surface area (Å²) in [5, 5.41) is 16.6. The Hall–Kier alpha value is -2.54. The fraction of sp³-hybridized carbons (Fsp3) is 0.474. The van der Waals surface area contributed by atoms with Crippen LogP contribution in [-0.4, -0.2) is 36.3 Å². The van der Waals surface area contributed by atoms with Crippen molar-refractivity contribution in [3.05, 3.63) is 47.2 Å². The Balaban J connectivity index is 1.59. The van der Waals surface area contributed by atoms with Gasteiger partial charge in [-0.2, -0.15) is 5.10 Å². The fourth-order valence-electron chi connectivity index (χ4n) is 3.39. The number of nitrogens with zero attached hydrogens (tertiary/aromatic N) is 6. The predicted octanol–water partition coefficient (Wildman–Crippen LogP) is 2.37. The number of fused-ring (bicyclic) bond motifs is 1. The Morgan fingerprint density at radius 2 is 2.15 bits per heavy atom. The summed E-state index contributed by atoms with van der Waals surface area (Å²) in [6.45, 7) is 9.86. The van der Waals surface area contributed by atoms with Gasteiger partial charge in [0.25, 0.3) is 0 Å². The summed E-state index contributed by atoms with van der Waals surface area (Å²) in [6.07, 6.45) is 4.81. The lowest BCUT2D eigenvalue weighted by Crippen LogP contribution is -2.28. The van der Waals surface area contributed by atoms with Crippen LogP contribution in [0.15, 0.2) is 24.5 Å². The van der Waals surface area contributed by atoms with Gasteiger partial charge >= 0.3 is 0 Å². The van der Waals surface area contributed by atoms with Gasteiger partial charge in [0, 0.05) is 30.0 Å². The molecule has 0 radical (unpaired) electrons. The van der Waals surface area contributed by atoms with Crippen molar-refractivity contribution in [3.63, 3.8) is 0 Å². The third-order valence-electron chi connectivity index (χ3n) is 4.90. The van der Waals surface area contributed by atoms with E-state index in [9.17, 15) is 0 Å². The molecule has 0 fully saturated rings. The van der Waals surface area contributed by atoms with Crippen LogP contribution in [0.4, 0.5) is 0 Å². The maximum absolute atomic E-state index is 4.82. The molecule has 0 bridgehead atoms. The van der Waals surface area contributed by atoms with Crippen LogP contribution in [0.5, 0.6) is 0 Å². The van der Waals surface area contributed by atoms with Crippen molar-refractivity contribution in [2.75, 3.05) is 6.54 Å². The fourth-order valence-corrected chi connectivity index (χ4v) is 3.39. The Morgan fingerprint density at radius 1 is 1.27 bits per heavy atom. The van der Waals surface area contributed by atoms with E-state index in [1.54, 1.807) is 0 Å². The smallest absolute Gasteiger partial charge is 0.116 e. The molecule has 7 nitrogen and oxygen atoms in total. The maximum atomic E-state index is 4.82. The molecule has 4 rings (SSSR count). The van der Waals surface area contributed by atoms with E-state index in [4.69, 9.17) is 4.98 Å².